The van der Waals surface area contributed by atoms with Crippen molar-refractivity contribution < 1.29 is 13.9 Å². The molecule has 1 aliphatic carbocycles. The maximum absolute atomic E-state index is 13.2. The summed E-state index contributed by atoms with van der Waals surface area (Å²) < 4.78 is 25.4. The lowest BCUT2D eigenvalue weighted by Crippen LogP contribution is -2.35. The van der Waals surface area contributed by atoms with Crippen LogP contribution in [0.3, 0.4) is 0 Å². The van der Waals surface area contributed by atoms with Gasteiger partial charge in [-0.25, -0.2) is 4.39 Å². The monoisotopic (exact) mass is 487 g/mol. The topological polar surface area (TPSA) is 21.7 Å². The van der Waals surface area contributed by atoms with E-state index in [2.05, 4.69) is 54.3 Å². The first-order chi connectivity index (χ1) is 17.7. The van der Waals surface area contributed by atoms with Crippen LogP contribution in [0.5, 0.6) is 11.5 Å². The largest absolute Gasteiger partial charge is 0.496 e. The van der Waals surface area contributed by atoms with E-state index in [9.17, 15) is 4.39 Å². The second-order valence-corrected chi connectivity index (χ2v) is 10.2. The Bertz CT molecular complexity index is 1130. The second kappa shape index (κ2) is 11.5. The molecule has 3 aromatic carbocycles. The number of ether oxygens (including phenoxy) is 2. The van der Waals surface area contributed by atoms with Crippen molar-refractivity contribution in [3.05, 3.63) is 94.8 Å². The van der Waals surface area contributed by atoms with Crippen LogP contribution in [0.4, 0.5) is 4.39 Å². The Morgan fingerprint density at radius 2 is 1.69 bits per heavy atom. The highest BCUT2D eigenvalue weighted by molar-refractivity contribution is 5.53. The average Bonchev–Trinajstić information content (AvgIpc) is 3.27. The number of aryl methyl sites for hydroxylation is 1. The summed E-state index contributed by atoms with van der Waals surface area (Å²) in [7, 11) is 1.78. The number of methoxy groups -OCH3 is 1. The summed E-state index contributed by atoms with van der Waals surface area (Å²) in [5.41, 5.74) is 5.34. The van der Waals surface area contributed by atoms with Crippen LogP contribution in [-0.4, -0.2) is 37.7 Å². The van der Waals surface area contributed by atoms with E-state index in [0.29, 0.717) is 24.5 Å². The summed E-state index contributed by atoms with van der Waals surface area (Å²) >= 11 is 0. The number of halogens is 1. The minimum Gasteiger partial charge on any atom is -0.496 e. The number of nitrogens with zero attached hydrogens (tertiary/aromatic N) is 1. The van der Waals surface area contributed by atoms with Crippen LogP contribution in [-0.2, 0) is 19.3 Å². The van der Waals surface area contributed by atoms with Gasteiger partial charge in [-0.3, -0.25) is 4.90 Å². The molecule has 0 bridgehead atoms. The number of benzene rings is 3. The zero-order valence-corrected chi connectivity index (χ0v) is 21.6. The molecule has 1 saturated heterocycles. The first kappa shape index (κ1) is 24.8. The number of hydrogen-bond donors (Lipinski definition) is 0. The molecular weight excluding hydrogens is 449 g/mol. The molecule has 3 atom stereocenters. The van der Waals surface area contributed by atoms with E-state index < -0.39 is 0 Å². The molecule has 1 heterocycles. The Balaban J connectivity index is 1.30. The Morgan fingerprint density at radius 3 is 2.44 bits per heavy atom. The Kier molecular flexibility index (Phi) is 7.91. The van der Waals surface area contributed by atoms with Crippen LogP contribution in [0, 0.1) is 11.7 Å². The van der Waals surface area contributed by atoms with Crippen molar-refractivity contribution in [3.63, 3.8) is 0 Å². The summed E-state index contributed by atoms with van der Waals surface area (Å²) in [6.07, 6.45) is 6.30. The highest BCUT2D eigenvalue weighted by Gasteiger charge is 2.45. The van der Waals surface area contributed by atoms with Gasteiger partial charge < -0.3 is 9.47 Å². The van der Waals surface area contributed by atoms with Gasteiger partial charge in [-0.2, -0.15) is 0 Å². The highest BCUT2D eigenvalue weighted by Crippen LogP contribution is 2.51. The van der Waals surface area contributed by atoms with Gasteiger partial charge in [0.1, 0.15) is 17.3 Å². The van der Waals surface area contributed by atoms with Crippen molar-refractivity contribution in [2.45, 2.75) is 57.4 Å². The summed E-state index contributed by atoms with van der Waals surface area (Å²) in [6.45, 7) is 5.14. The van der Waals surface area contributed by atoms with Gasteiger partial charge >= 0.3 is 0 Å². The summed E-state index contributed by atoms with van der Waals surface area (Å²) in [5.74, 6) is 2.97. The van der Waals surface area contributed by atoms with Gasteiger partial charge in [0.15, 0.2) is 0 Å². The van der Waals surface area contributed by atoms with Crippen molar-refractivity contribution in [1.29, 1.82) is 0 Å². The lowest BCUT2D eigenvalue weighted by Gasteiger charge is -2.33. The van der Waals surface area contributed by atoms with Gasteiger partial charge in [0.2, 0.25) is 0 Å². The fraction of sp³-hybridized carbons (Fsp3) is 0.438. The second-order valence-electron chi connectivity index (χ2n) is 10.2. The maximum Gasteiger partial charge on any atom is 0.123 e. The maximum atomic E-state index is 13.2. The fourth-order valence-corrected chi connectivity index (χ4v) is 6.44. The number of hydrogen-bond acceptors (Lipinski definition) is 3. The van der Waals surface area contributed by atoms with E-state index in [1.165, 1.54) is 40.8 Å². The molecule has 0 radical (unpaired) electrons. The van der Waals surface area contributed by atoms with Crippen molar-refractivity contribution in [2.24, 2.45) is 5.92 Å². The van der Waals surface area contributed by atoms with E-state index in [4.69, 9.17) is 9.47 Å². The molecule has 4 heteroatoms. The standard InChI is InChI=1S/C32H38FNO2/c1-3-34-22-28-26(29(34)21-24-10-5-4-6-11-24)16-17-27-30(35-2)18-19-31(32(27)28)36-20-8-7-9-23-12-14-25(33)15-13-23/h4-6,10-15,18-19,26,28-29H,3,7-9,16-17,20-22H2,1-2H3. The normalized spacial score (nSPS) is 21.1. The Labute approximate surface area is 215 Å². The number of unbranched alkanes of at least 4 members (excludes halogenated alkanes) is 1. The predicted molar refractivity (Wildman–Crippen MR) is 144 cm³/mol. The van der Waals surface area contributed by atoms with Crippen molar-refractivity contribution in [2.75, 3.05) is 26.8 Å². The Hall–Kier alpha value is -2.85. The van der Waals surface area contributed by atoms with Gasteiger partial charge in [0.05, 0.1) is 13.7 Å². The molecule has 2 aliphatic rings. The van der Waals surface area contributed by atoms with Crippen molar-refractivity contribution >= 4 is 0 Å². The smallest absolute Gasteiger partial charge is 0.123 e. The molecule has 0 amide bonds. The third-order valence-electron chi connectivity index (χ3n) is 8.23. The predicted octanol–water partition coefficient (Wildman–Crippen LogP) is 6.83. The molecule has 0 N–H and O–H groups in total. The minimum atomic E-state index is -0.177. The number of fused-ring (bicyclic) bond motifs is 3. The van der Waals surface area contributed by atoms with E-state index >= 15 is 0 Å². The fourth-order valence-electron chi connectivity index (χ4n) is 6.44. The zero-order chi connectivity index (χ0) is 24.9. The number of rotatable bonds is 10. The first-order valence-electron chi connectivity index (χ1n) is 13.5. The van der Waals surface area contributed by atoms with Crippen LogP contribution in [0.1, 0.15) is 54.4 Å². The van der Waals surface area contributed by atoms with E-state index in [1.54, 1.807) is 7.11 Å². The molecule has 3 unspecified atom stereocenters. The quantitative estimate of drug-likeness (QED) is 0.293. The molecule has 190 valence electrons. The van der Waals surface area contributed by atoms with E-state index in [0.717, 1.165) is 56.7 Å². The van der Waals surface area contributed by atoms with Gasteiger partial charge in [-0.1, -0.05) is 49.4 Å². The first-order valence-corrected chi connectivity index (χ1v) is 13.5. The van der Waals surface area contributed by atoms with Gasteiger partial charge in [-0.05, 0) is 86.4 Å². The SMILES string of the molecule is CCN1CC2c3c(OCCCCc4ccc(F)cc4)ccc(OC)c3CCC2C1Cc1ccccc1. The average molecular weight is 488 g/mol. The molecular formula is C32H38FNO2. The third kappa shape index (κ3) is 5.29. The van der Waals surface area contributed by atoms with Crippen molar-refractivity contribution in [1.82, 2.24) is 4.90 Å². The van der Waals surface area contributed by atoms with Crippen LogP contribution in [0.25, 0.3) is 0 Å². The van der Waals surface area contributed by atoms with Crippen LogP contribution in [0.2, 0.25) is 0 Å². The van der Waals surface area contributed by atoms with Crippen LogP contribution < -0.4 is 9.47 Å². The molecule has 1 fully saturated rings. The van der Waals surface area contributed by atoms with Crippen LogP contribution >= 0.6 is 0 Å². The summed E-state index contributed by atoms with van der Waals surface area (Å²) in [5, 5.41) is 0. The third-order valence-corrected chi connectivity index (χ3v) is 8.23. The highest BCUT2D eigenvalue weighted by atomic mass is 19.1. The van der Waals surface area contributed by atoms with E-state index in [1.807, 2.05) is 12.1 Å². The molecule has 3 nitrogen and oxygen atoms in total. The van der Waals surface area contributed by atoms with Gasteiger partial charge in [0.25, 0.3) is 0 Å². The van der Waals surface area contributed by atoms with Gasteiger partial charge in [0, 0.05) is 29.6 Å². The minimum absolute atomic E-state index is 0.177. The van der Waals surface area contributed by atoms with Gasteiger partial charge in [-0.15, -0.1) is 0 Å². The van der Waals surface area contributed by atoms with Crippen LogP contribution in [0.15, 0.2) is 66.7 Å². The summed E-state index contributed by atoms with van der Waals surface area (Å²) in [4.78, 5) is 2.68. The molecule has 36 heavy (non-hydrogen) atoms. The molecule has 0 spiro atoms. The van der Waals surface area contributed by atoms with Crippen molar-refractivity contribution in [3.8, 4) is 11.5 Å². The van der Waals surface area contributed by atoms with E-state index in [-0.39, 0.29) is 5.82 Å². The Morgan fingerprint density at radius 1 is 0.917 bits per heavy atom. The lowest BCUT2D eigenvalue weighted by molar-refractivity contribution is 0.227. The molecule has 0 aromatic heterocycles. The lowest BCUT2D eigenvalue weighted by atomic mass is 9.73. The summed E-state index contributed by atoms with van der Waals surface area (Å²) in [6, 6.07) is 22.5. The molecule has 3 aromatic rings. The zero-order valence-electron chi connectivity index (χ0n) is 21.6. The molecule has 5 rings (SSSR count). The molecule has 1 aliphatic heterocycles. The number of likely N-dealkylation sites (N-methyl/N-ethyl adjacent to an activating group) is 1. The number of likely N-dealkylation sites (tertiary alicyclic amines) is 1. The molecule has 0 saturated carbocycles.